The van der Waals surface area contributed by atoms with Crippen LogP contribution in [0.2, 0.25) is 0 Å². The number of nitrogens with two attached hydrogens (primary N) is 1. The fraction of sp³-hybridized carbons (Fsp3) is 0.500. The summed E-state index contributed by atoms with van der Waals surface area (Å²) < 4.78 is 14.0. The van der Waals surface area contributed by atoms with Crippen LogP contribution < -0.4 is 11.1 Å². The maximum atomic E-state index is 14.0. The highest BCUT2D eigenvalue weighted by molar-refractivity contribution is 5.99. The molecule has 3 rings (SSSR count). The first kappa shape index (κ1) is 11.7. The van der Waals surface area contributed by atoms with Crippen LogP contribution in [0.5, 0.6) is 0 Å². The Morgan fingerprint density at radius 2 is 2.06 bits per heavy atom. The second-order valence-electron chi connectivity index (χ2n) is 5.41. The molecule has 0 bridgehead atoms. The van der Waals surface area contributed by atoms with Gasteiger partial charge in [0, 0.05) is 12.0 Å². The van der Waals surface area contributed by atoms with Gasteiger partial charge in [0.1, 0.15) is 5.82 Å². The van der Waals surface area contributed by atoms with Crippen molar-refractivity contribution in [3.05, 3.63) is 29.1 Å². The Balaban J connectivity index is 2.07. The number of hydrogen-bond acceptors (Lipinski definition) is 2. The molecule has 1 amide bonds. The molecule has 3 N–H and O–H groups in total. The van der Waals surface area contributed by atoms with Gasteiger partial charge in [0.05, 0.1) is 12.1 Å². The Morgan fingerprint density at radius 3 is 2.72 bits per heavy atom. The smallest absolute Gasteiger partial charge is 0.228 e. The molecule has 0 aromatic heterocycles. The van der Waals surface area contributed by atoms with E-state index >= 15 is 0 Å². The van der Waals surface area contributed by atoms with E-state index in [9.17, 15) is 9.18 Å². The summed E-state index contributed by atoms with van der Waals surface area (Å²) in [4.78, 5) is 11.3. The number of benzene rings is 1. The molecule has 1 aliphatic heterocycles. The molecule has 4 heteroatoms. The summed E-state index contributed by atoms with van der Waals surface area (Å²) in [6.45, 7) is 0.548. The van der Waals surface area contributed by atoms with Gasteiger partial charge in [0.15, 0.2) is 0 Å². The first-order chi connectivity index (χ1) is 8.64. The molecule has 18 heavy (non-hydrogen) atoms. The lowest BCUT2D eigenvalue weighted by Crippen LogP contribution is -2.32. The van der Waals surface area contributed by atoms with E-state index in [2.05, 4.69) is 5.32 Å². The van der Waals surface area contributed by atoms with Gasteiger partial charge in [0.2, 0.25) is 5.91 Å². The standard InChI is InChI=1S/C14H17FN2O/c15-11-7-10(14(8-16)3-1-2-4-14)5-9-6-12(18)17-13(9)11/h5,7H,1-4,6,8,16H2,(H,17,18). The van der Waals surface area contributed by atoms with Crippen molar-refractivity contribution in [3.63, 3.8) is 0 Å². The zero-order chi connectivity index (χ0) is 12.8. The molecule has 0 spiro atoms. The summed E-state index contributed by atoms with van der Waals surface area (Å²) >= 11 is 0. The van der Waals surface area contributed by atoms with E-state index in [1.165, 1.54) is 0 Å². The molecule has 96 valence electrons. The predicted octanol–water partition coefficient (Wildman–Crippen LogP) is 2.09. The van der Waals surface area contributed by atoms with Crippen LogP contribution in [0.3, 0.4) is 0 Å². The van der Waals surface area contributed by atoms with E-state index < -0.39 is 0 Å². The molecule has 0 unspecified atom stereocenters. The molecule has 0 radical (unpaired) electrons. The predicted molar refractivity (Wildman–Crippen MR) is 67.9 cm³/mol. The summed E-state index contributed by atoms with van der Waals surface area (Å²) in [6.07, 6.45) is 4.60. The molecular weight excluding hydrogens is 231 g/mol. The van der Waals surface area contributed by atoms with Gasteiger partial charge < -0.3 is 11.1 Å². The number of rotatable bonds is 2. The zero-order valence-corrected chi connectivity index (χ0v) is 10.3. The van der Waals surface area contributed by atoms with Crippen molar-refractivity contribution in [1.82, 2.24) is 0 Å². The minimum atomic E-state index is -0.326. The van der Waals surface area contributed by atoms with E-state index in [1.54, 1.807) is 6.07 Å². The minimum Gasteiger partial charge on any atom is -0.330 e. The number of nitrogens with one attached hydrogen (secondary N) is 1. The van der Waals surface area contributed by atoms with Crippen LogP contribution in [0.25, 0.3) is 0 Å². The van der Waals surface area contributed by atoms with Gasteiger partial charge in [-0.25, -0.2) is 4.39 Å². The maximum Gasteiger partial charge on any atom is 0.228 e. The highest BCUT2D eigenvalue weighted by atomic mass is 19.1. The largest absolute Gasteiger partial charge is 0.330 e. The molecule has 0 saturated heterocycles. The van der Waals surface area contributed by atoms with Crippen molar-refractivity contribution in [2.75, 3.05) is 11.9 Å². The third-order valence-corrected chi connectivity index (χ3v) is 4.35. The number of carbonyl (C=O) groups is 1. The van der Waals surface area contributed by atoms with Crippen molar-refractivity contribution >= 4 is 11.6 Å². The molecule has 1 aromatic carbocycles. The second-order valence-corrected chi connectivity index (χ2v) is 5.41. The topological polar surface area (TPSA) is 55.1 Å². The molecule has 2 aliphatic rings. The molecule has 1 heterocycles. The van der Waals surface area contributed by atoms with E-state index in [4.69, 9.17) is 5.73 Å². The Morgan fingerprint density at radius 1 is 1.33 bits per heavy atom. The first-order valence-corrected chi connectivity index (χ1v) is 6.47. The number of anilines is 1. The molecule has 3 nitrogen and oxygen atoms in total. The monoisotopic (exact) mass is 248 g/mol. The quantitative estimate of drug-likeness (QED) is 0.842. The van der Waals surface area contributed by atoms with Crippen LogP contribution in [0.4, 0.5) is 10.1 Å². The van der Waals surface area contributed by atoms with Crippen LogP contribution in [0.15, 0.2) is 12.1 Å². The van der Waals surface area contributed by atoms with Crippen molar-refractivity contribution < 1.29 is 9.18 Å². The molecule has 1 saturated carbocycles. The van der Waals surface area contributed by atoms with Gasteiger partial charge in [-0.05, 0) is 30.0 Å². The minimum absolute atomic E-state index is 0.0818. The van der Waals surface area contributed by atoms with Crippen LogP contribution in [0.1, 0.15) is 36.8 Å². The van der Waals surface area contributed by atoms with Gasteiger partial charge in [-0.2, -0.15) is 0 Å². The third-order valence-electron chi connectivity index (χ3n) is 4.35. The van der Waals surface area contributed by atoms with Crippen molar-refractivity contribution in [3.8, 4) is 0 Å². The van der Waals surface area contributed by atoms with Crippen LogP contribution in [0, 0.1) is 5.82 Å². The van der Waals surface area contributed by atoms with E-state index in [0.717, 1.165) is 36.8 Å². The Labute approximate surface area is 106 Å². The number of halogens is 1. The summed E-state index contributed by atoms with van der Waals surface area (Å²) in [5.74, 6) is -0.456. The van der Waals surface area contributed by atoms with Crippen molar-refractivity contribution in [2.45, 2.75) is 37.5 Å². The number of amides is 1. The van der Waals surface area contributed by atoms with E-state index in [1.807, 2.05) is 6.07 Å². The van der Waals surface area contributed by atoms with Gasteiger partial charge in [-0.1, -0.05) is 18.9 Å². The lowest BCUT2D eigenvalue weighted by molar-refractivity contribution is -0.115. The Bertz CT molecular complexity index is 507. The molecule has 1 fully saturated rings. The summed E-state index contributed by atoms with van der Waals surface area (Å²) in [7, 11) is 0. The summed E-state index contributed by atoms with van der Waals surface area (Å²) in [5.41, 5.74) is 7.93. The highest BCUT2D eigenvalue weighted by Crippen LogP contribution is 2.42. The fourth-order valence-corrected chi connectivity index (χ4v) is 3.27. The number of carbonyl (C=O) groups excluding carboxylic acids is 1. The van der Waals surface area contributed by atoms with Gasteiger partial charge >= 0.3 is 0 Å². The fourth-order valence-electron chi connectivity index (χ4n) is 3.27. The summed E-state index contributed by atoms with van der Waals surface area (Å²) in [6, 6.07) is 3.52. The third kappa shape index (κ3) is 1.63. The molecular formula is C14H17FN2O. The number of fused-ring (bicyclic) bond motifs is 1. The molecule has 0 atom stereocenters. The maximum absolute atomic E-state index is 14.0. The summed E-state index contributed by atoms with van der Waals surface area (Å²) in [5, 5.41) is 2.57. The van der Waals surface area contributed by atoms with Crippen LogP contribution in [-0.2, 0) is 16.6 Å². The average Bonchev–Trinajstić information content (AvgIpc) is 2.95. The number of hydrogen-bond donors (Lipinski definition) is 2. The lowest BCUT2D eigenvalue weighted by Gasteiger charge is -2.28. The van der Waals surface area contributed by atoms with E-state index in [0.29, 0.717) is 12.2 Å². The van der Waals surface area contributed by atoms with Gasteiger partial charge in [-0.3, -0.25) is 4.79 Å². The SMILES string of the molecule is NCC1(c2cc(F)c3c(c2)CC(=O)N3)CCCC1. The van der Waals surface area contributed by atoms with Crippen LogP contribution in [-0.4, -0.2) is 12.5 Å². The second kappa shape index (κ2) is 4.05. The van der Waals surface area contributed by atoms with Gasteiger partial charge in [0.25, 0.3) is 0 Å². The highest BCUT2D eigenvalue weighted by Gasteiger charge is 2.36. The Hall–Kier alpha value is -1.42. The van der Waals surface area contributed by atoms with Gasteiger partial charge in [-0.15, -0.1) is 0 Å². The molecule has 1 aliphatic carbocycles. The van der Waals surface area contributed by atoms with Crippen molar-refractivity contribution in [1.29, 1.82) is 0 Å². The zero-order valence-electron chi connectivity index (χ0n) is 10.3. The average molecular weight is 248 g/mol. The lowest BCUT2D eigenvalue weighted by atomic mass is 9.78. The first-order valence-electron chi connectivity index (χ1n) is 6.47. The van der Waals surface area contributed by atoms with Crippen molar-refractivity contribution in [2.24, 2.45) is 5.73 Å². The Kier molecular flexibility index (Phi) is 2.63. The van der Waals surface area contributed by atoms with Crippen LogP contribution >= 0.6 is 0 Å². The molecule has 1 aromatic rings. The van der Waals surface area contributed by atoms with E-state index in [-0.39, 0.29) is 23.6 Å². The normalized spacial score (nSPS) is 20.9.